The average molecular weight is 382 g/mol. The van der Waals surface area contributed by atoms with Gasteiger partial charge in [0.1, 0.15) is 5.75 Å². The van der Waals surface area contributed by atoms with Crippen LogP contribution < -0.4 is 4.74 Å². The van der Waals surface area contributed by atoms with Crippen LogP contribution in [0.5, 0.6) is 5.75 Å². The van der Waals surface area contributed by atoms with Crippen molar-refractivity contribution in [1.29, 1.82) is 0 Å². The molecule has 1 saturated heterocycles. The zero-order valence-electron chi connectivity index (χ0n) is 17.7. The smallest absolute Gasteiger partial charge is 0.119 e. The highest BCUT2D eigenvalue weighted by Gasteiger charge is 2.49. The fourth-order valence-electron chi connectivity index (χ4n) is 5.78. The first-order chi connectivity index (χ1) is 13.6. The topological polar surface area (TPSA) is 30.3 Å². The van der Waals surface area contributed by atoms with Crippen LogP contribution in [0.3, 0.4) is 0 Å². The van der Waals surface area contributed by atoms with E-state index in [9.17, 15) is 0 Å². The summed E-state index contributed by atoms with van der Waals surface area (Å²) in [4.78, 5) is 6.73. The monoisotopic (exact) mass is 381 g/mol. The van der Waals surface area contributed by atoms with Gasteiger partial charge in [-0.3, -0.25) is 0 Å². The van der Waals surface area contributed by atoms with Gasteiger partial charge in [-0.25, -0.2) is 4.98 Å². The maximum Gasteiger partial charge on any atom is 0.119 e. The van der Waals surface area contributed by atoms with Crippen LogP contribution in [0.25, 0.3) is 0 Å². The lowest BCUT2D eigenvalue weighted by molar-refractivity contribution is 0.0343. The van der Waals surface area contributed by atoms with Gasteiger partial charge < -0.3 is 14.2 Å². The van der Waals surface area contributed by atoms with Crippen molar-refractivity contribution < 1.29 is 4.74 Å². The molecule has 1 aliphatic carbocycles. The van der Waals surface area contributed by atoms with Crippen molar-refractivity contribution in [3.63, 3.8) is 0 Å². The Morgan fingerprint density at radius 1 is 1.21 bits per heavy atom. The van der Waals surface area contributed by atoms with Gasteiger partial charge in [-0.1, -0.05) is 32.3 Å². The molecule has 4 heteroatoms. The molecule has 4 nitrogen and oxygen atoms in total. The number of likely N-dealkylation sites (tertiary alicyclic amines) is 1. The minimum atomic E-state index is 0.323. The molecule has 2 heterocycles. The summed E-state index contributed by atoms with van der Waals surface area (Å²) in [6.45, 7) is 4.81. The maximum absolute atomic E-state index is 5.59. The van der Waals surface area contributed by atoms with E-state index < -0.39 is 0 Å². The van der Waals surface area contributed by atoms with E-state index in [1.54, 1.807) is 18.2 Å². The number of ether oxygens (including phenoxy) is 1. The Balaban J connectivity index is 1.44. The Morgan fingerprint density at radius 3 is 2.86 bits per heavy atom. The summed E-state index contributed by atoms with van der Waals surface area (Å²) in [5.74, 6) is 1.72. The summed E-state index contributed by atoms with van der Waals surface area (Å²) in [5.41, 5.74) is 3.46. The fraction of sp³-hybridized carbons (Fsp3) is 0.625. The van der Waals surface area contributed by atoms with Gasteiger partial charge >= 0.3 is 0 Å². The summed E-state index contributed by atoms with van der Waals surface area (Å²) in [6.07, 6.45) is 14.8. The summed E-state index contributed by atoms with van der Waals surface area (Å²) in [5, 5.41) is 0. The second kappa shape index (κ2) is 8.28. The van der Waals surface area contributed by atoms with E-state index in [0.29, 0.717) is 17.4 Å². The second-order valence-electron chi connectivity index (χ2n) is 8.93. The number of aromatic nitrogens is 2. The molecule has 2 aromatic rings. The van der Waals surface area contributed by atoms with E-state index in [0.717, 1.165) is 12.3 Å². The van der Waals surface area contributed by atoms with Crippen molar-refractivity contribution in [2.45, 2.75) is 69.9 Å². The van der Waals surface area contributed by atoms with Gasteiger partial charge in [-0.05, 0) is 68.5 Å². The highest BCUT2D eigenvalue weighted by atomic mass is 16.5. The number of rotatable bonds is 8. The lowest BCUT2D eigenvalue weighted by Crippen LogP contribution is -2.57. The molecule has 1 fully saturated rings. The van der Waals surface area contributed by atoms with Crippen LogP contribution in [0.4, 0.5) is 0 Å². The number of piperidine rings is 1. The molecule has 152 valence electrons. The summed E-state index contributed by atoms with van der Waals surface area (Å²) in [6, 6.07) is 7.50. The van der Waals surface area contributed by atoms with E-state index in [4.69, 9.17) is 4.74 Å². The van der Waals surface area contributed by atoms with Gasteiger partial charge in [-0.2, -0.15) is 0 Å². The first-order valence-corrected chi connectivity index (χ1v) is 11.0. The van der Waals surface area contributed by atoms with E-state index in [-0.39, 0.29) is 0 Å². The van der Waals surface area contributed by atoms with Crippen LogP contribution in [0.2, 0.25) is 0 Å². The van der Waals surface area contributed by atoms with E-state index in [1.807, 2.05) is 12.5 Å². The SMILES string of the molecule is COc1ccc2c(c1)[C@@]1(CCCCCCn3ccnc3)CCN(C)[C@H](C2)[C@@H]1C. The Morgan fingerprint density at radius 2 is 2.07 bits per heavy atom. The Bertz CT molecular complexity index is 772. The summed E-state index contributed by atoms with van der Waals surface area (Å²) in [7, 11) is 4.11. The van der Waals surface area contributed by atoms with Crippen LogP contribution in [-0.2, 0) is 18.4 Å². The number of unbranched alkanes of at least 4 members (excludes halogenated alkanes) is 3. The molecule has 0 unspecified atom stereocenters. The maximum atomic E-state index is 5.59. The van der Waals surface area contributed by atoms with Crippen molar-refractivity contribution in [2.24, 2.45) is 5.92 Å². The standard InChI is InChI=1S/C24H35N3O/c1-19-23-16-20-8-9-21(28-3)17-22(20)24(19,11-14-26(23)2)10-6-4-5-7-13-27-15-12-25-18-27/h8-9,12,15,17-19,23H,4-7,10-11,13-14,16H2,1-3H3/t19-,23+,24-/m0/s1. The predicted molar refractivity (Wildman–Crippen MR) is 114 cm³/mol. The molecule has 0 saturated carbocycles. The Kier molecular flexibility index (Phi) is 5.77. The third-order valence-electron chi connectivity index (χ3n) is 7.56. The number of fused-ring (bicyclic) bond motifs is 4. The molecule has 0 amide bonds. The molecule has 0 radical (unpaired) electrons. The first-order valence-electron chi connectivity index (χ1n) is 11.0. The third-order valence-corrected chi connectivity index (χ3v) is 7.56. The van der Waals surface area contributed by atoms with Crippen LogP contribution in [0.15, 0.2) is 36.9 Å². The molecular weight excluding hydrogens is 346 g/mol. The molecule has 1 aromatic heterocycles. The minimum absolute atomic E-state index is 0.323. The molecule has 0 spiro atoms. The van der Waals surface area contributed by atoms with Gasteiger partial charge in [0.15, 0.2) is 0 Å². The van der Waals surface area contributed by atoms with Gasteiger partial charge in [0.2, 0.25) is 0 Å². The highest BCUT2D eigenvalue weighted by molar-refractivity contribution is 5.45. The summed E-state index contributed by atoms with van der Waals surface area (Å²) >= 11 is 0. The number of hydrogen-bond donors (Lipinski definition) is 0. The number of aryl methyl sites for hydroxylation is 1. The largest absolute Gasteiger partial charge is 0.497 e. The number of benzene rings is 1. The van der Waals surface area contributed by atoms with Crippen LogP contribution in [-0.4, -0.2) is 41.2 Å². The zero-order chi connectivity index (χ0) is 19.6. The van der Waals surface area contributed by atoms with Crippen LogP contribution in [0.1, 0.15) is 56.6 Å². The van der Waals surface area contributed by atoms with Crippen LogP contribution in [0, 0.1) is 5.92 Å². The fourth-order valence-corrected chi connectivity index (χ4v) is 5.78. The molecular formula is C24H35N3O. The summed E-state index contributed by atoms with van der Waals surface area (Å²) < 4.78 is 7.78. The van der Waals surface area contributed by atoms with Gasteiger partial charge in [-0.15, -0.1) is 0 Å². The lowest BCUT2D eigenvalue weighted by atomic mass is 9.56. The zero-order valence-corrected chi connectivity index (χ0v) is 17.7. The number of methoxy groups -OCH3 is 1. The van der Waals surface area contributed by atoms with Crippen molar-refractivity contribution in [3.8, 4) is 5.75 Å². The highest BCUT2D eigenvalue weighted by Crippen LogP contribution is 2.52. The van der Waals surface area contributed by atoms with Gasteiger partial charge in [0, 0.05) is 30.4 Å². The third kappa shape index (κ3) is 3.59. The average Bonchev–Trinajstić information content (AvgIpc) is 3.22. The molecule has 0 N–H and O–H groups in total. The van der Waals surface area contributed by atoms with Gasteiger partial charge in [0.05, 0.1) is 13.4 Å². The van der Waals surface area contributed by atoms with E-state index in [2.05, 4.69) is 52.8 Å². The lowest BCUT2D eigenvalue weighted by Gasteiger charge is -2.55. The van der Waals surface area contributed by atoms with E-state index >= 15 is 0 Å². The predicted octanol–water partition coefficient (Wildman–Crippen LogP) is 4.68. The Hall–Kier alpha value is -1.81. The van der Waals surface area contributed by atoms with Crippen molar-refractivity contribution in [3.05, 3.63) is 48.0 Å². The normalized spacial score (nSPS) is 26.8. The molecule has 3 atom stereocenters. The number of nitrogens with zero attached hydrogens (tertiary/aromatic N) is 3. The molecule has 1 aliphatic heterocycles. The second-order valence-corrected chi connectivity index (χ2v) is 8.93. The van der Waals surface area contributed by atoms with Crippen molar-refractivity contribution >= 4 is 0 Å². The van der Waals surface area contributed by atoms with Gasteiger partial charge in [0.25, 0.3) is 0 Å². The molecule has 2 aliphatic rings. The number of likely N-dealkylation sites (N-methyl/N-ethyl adjacent to an activating group) is 1. The molecule has 4 rings (SSSR count). The first kappa shape index (κ1) is 19.5. The van der Waals surface area contributed by atoms with Crippen molar-refractivity contribution in [2.75, 3.05) is 20.7 Å². The molecule has 1 aromatic carbocycles. The number of imidazole rings is 1. The quantitative estimate of drug-likeness (QED) is 0.622. The van der Waals surface area contributed by atoms with E-state index in [1.165, 1.54) is 51.5 Å². The van der Waals surface area contributed by atoms with Crippen molar-refractivity contribution in [1.82, 2.24) is 14.5 Å². The molecule has 28 heavy (non-hydrogen) atoms. The Labute approximate surface area is 169 Å². The molecule has 2 bridgehead atoms. The van der Waals surface area contributed by atoms with Crippen LogP contribution >= 0.6 is 0 Å². The number of hydrogen-bond acceptors (Lipinski definition) is 3. The minimum Gasteiger partial charge on any atom is -0.497 e.